The summed E-state index contributed by atoms with van der Waals surface area (Å²) < 4.78 is 13.5. The molecule has 166 valence electrons. The number of nitrogens with zero attached hydrogens (tertiary/aromatic N) is 3. The van der Waals surface area contributed by atoms with Gasteiger partial charge in [0, 0.05) is 37.6 Å². The van der Waals surface area contributed by atoms with Crippen molar-refractivity contribution in [2.24, 2.45) is 5.73 Å². The third-order valence-electron chi connectivity index (χ3n) is 5.61. The fourth-order valence-electron chi connectivity index (χ4n) is 4.02. The van der Waals surface area contributed by atoms with Crippen LogP contribution < -0.4 is 16.0 Å². The average Bonchev–Trinajstić information content (AvgIpc) is 3.22. The number of β-amino-alcohol motifs (C(OH)–C–C–N with tert-alkyl or cyclic N) is 1. The molecule has 4 rings (SSSR count). The zero-order valence-electron chi connectivity index (χ0n) is 17.6. The molecule has 0 saturated carbocycles. The lowest BCUT2D eigenvalue weighted by molar-refractivity contribution is -0.118. The minimum Gasteiger partial charge on any atom is -0.391 e. The number of halogens is 1. The zero-order chi connectivity index (χ0) is 22.5. The Hall–Kier alpha value is -3.52. The van der Waals surface area contributed by atoms with Crippen molar-refractivity contribution in [3.63, 3.8) is 0 Å². The van der Waals surface area contributed by atoms with Crippen molar-refractivity contribution in [1.29, 1.82) is 0 Å². The second kappa shape index (κ2) is 9.74. The Kier molecular flexibility index (Phi) is 6.61. The summed E-state index contributed by atoms with van der Waals surface area (Å²) in [6, 6.07) is 13.7. The number of nitrogens with one attached hydrogen (secondary N) is 1. The number of anilines is 2. The number of aliphatic hydroxyl groups excluding tert-OH is 1. The van der Waals surface area contributed by atoms with Gasteiger partial charge in [-0.3, -0.25) is 9.78 Å². The smallest absolute Gasteiger partial charge is 0.229 e. The Morgan fingerprint density at radius 2 is 2.16 bits per heavy atom. The third-order valence-corrected chi connectivity index (χ3v) is 5.61. The quantitative estimate of drug-likeness (QED) is 0.502. The molecule has 1 fully saturated rings. The lowest BCUT2D eigenvalue weighted by Gasteiger charge is -2.22. The van der Waals surface area contributed by atoms with Crippen molar-refractivity contribution in [2.45, 2.75) is 24.9 Å². The highest BCUT2D eigenvalue weighted by molar-refractivity contribution is 5.87. The van der Waals surface area contributed by atoms with Crippen LogP contribution in [0.1, 0.15) is 29.0 Å². The van der Waals surface area contributed by atoms with E-state index in [2.05, 4.69) is 10.3 Å². The first-order chi connectivity index (χ1) is 15.5. The summed E-state index contributed by atoms with van der Waals surface area (Å²) in [6.45, 7) is 1.71. The largest absolute Gasteiger partial charge is 0.391 e. The average molecular weight is 436 g/mol. The first-order valence-corrected chi connectivity index (χ1v) is 10.6. The number of carbonyl (C=O) groups excluding carboxylic acids is 1. The van der Waals surface area contributed by atoms with Crippen molar-refractivity contribution < 1.29 is 14.3 Å². The molecule has 0 radical (unpaired) electrons. The van der Waals surface area contributed by atoms with Gasteiger partial charge in [0.05, 0.1) is 12.0 Å². The summed E-state index contributed by atoms with van der Waals surface area (Å²) in [4.78, 5) is 23.3. The maximum Gasteiger partial charge on any atom is 0.229 e. The van der Waals surface area contributed by atoms with Crippen LogP contribution in [0.15, 0.2) is 60.9 Å². The van der Waals surface area contributed by atoms with E-state index in [1.165, 1.54) is 12.1 Å². The van der Waals surface area contributed by atoms with Crippen molar-refractivity contribution in [1.82, 2.24) is 9.97 Å². The Bertz CT molecular complexity index is 1080. The summed E-state index contributed by atoms with van der Waals surface area (Å²) in [5.74, 6) is -0.245. The van der Waals surface area contributed by atoms with Gasteiger partial charge in [-0.05, 0) is 48.2 Å². The van der Waals surface area contributed by atoms with Crippen LogP contribution in [0.2, 0.25) is 0 Å². The van der Waals surface area contributed by atoms with E-state index in [0.717, 1.165) is 5.56 Å². The predicted octanol–water partition coefficient (Wildman–Crippen LogP) is 2.46. The van der Waals surface area contributed by atoms with E-state index in [-0.39, 0.29) is 11.9 Å². The standard InChI is InChI=1S/C24H26FN5O2/c25-18-5-1-3-16(13-18)8-11-28-24-20(22(23(26)32)17-4-2-10-27-14-17)6-7-21(29-24)30-12-9-19(31)15-30/h1-7,10,13-14,19,22,31H,8-9,11-12,15H2,(H2,26,32)(H,28,29). The monoisotopic (exact) mass is 435 g/mol. The van der Waals surface area contributed by atoms with Gasteiger partial charge in [0.2, 0.25) is 5.91 Å². The van der Waals surface area contributed by atoms with Crippen LogP contribution in [-0.4, -0.2) is 46.7 Å². The first kappa shape index (κ1) is 21.7. The topological polar surface area (TPSA) is 104 Å². The molecule has 2 aromatic heterocycles. The molecular weight excluding hydrogens is 409 g/mol. The number of aliphatic hydroxyl groups is 1. The van der Waals surface area contributed by atoms with Crippen molar-refractivity contribution in [3.8, 4) is 0 Å². The van der Waals surface area contributed by atoms with Gasteiger partial charge in [-0.25, -0.2) is 9.37 Å². The number of rotatable bonds is 8. The molecule has 1 aromatic carbocycles. The Morgan fingerprint density at radius 3 is 2.84 bits per heavy atom. The number of benzene rings is 1. The highest BCUT2D eigenvalue weighted by atomic mass is 19.1. The van der Waals surface area contributed by atoms with Crippen molar-refractivity contribution >= 4 is 17.5 Å². The number of primary amides is 1. The molecule has 2 atom stereocenters. The number of hydrogen-bond donors (Lipinski definition) is 3. The predicted molar refractivity (Wildman–Crippen MR) is 121 cm³/mol. The molecule has 7 nitrogen and oxygen atoms in total. The van der Waals surface area contributed by atoms with Crippen molar-refractivity contribution in [3.05, 3.63) is 83.4 Å². The molecule has 32 heavy (non-hydrogen) atoms. The van der Waals surface area contributed by atoms with E-state index in [4.69, 9.17) is 10.7 Å². The molecule has 4 N–H and O–H groups in total. The van der Waals surface area contributed by atoms with Gasteiger partial charge in [-0.1, -0.05) is 24.3 Å². The normalized spacial score (nSPS) is 16.7. The van der Waals surface area contributed by atoms with Crippen molar-refractivity contribution in [2.75, 3.05) is 29.9 Å². The van der Waals surface area contributed by atoms with Crippen LogP contribution >= 0.6 is 0 Å². The third kappa shape index (κ3) is 5.03. The zero-order valence-corrected chi connectivity index (χ0v) is 17.6. The molecule has 1 aliphatic rings. The fraction of sp³-hybridized carbons (Fsp3) is 0.292. The Balaban J connectivity index is 1.64. The van der Waals surface area contributed by atoms with Gasteiger partial charge in [-0.2, -0.15) is 0 Å². The lowest BCUT2D eigenvalue weighted by Crippen LogP contribution is -2.26. The van der Waals surface area contributed by atoms with Crippen LogP contribution in [0, 0.1) is 5.82 Å². The summed E-state index contributed by atoms with van der Waals surface area (Å²) in [6.07, 6.45) is 4.15. The first-order valence-electron chi connectivity index (χ1n) is 10.6. The molecule has 8 heteroatoms. The number of amides is 1. The molecule has 0 bridgehead atoms. The second-order valence-electron chi connectivity index (χ2n) is 7.92. The highest BCUT2D eigenvalue weighted by Crippen LogP contribution is 2.31. The van der Waals surface area contributed by atoms with Gasteiger partial charge in [0.15, 0.2) is 0 Å². The molecular formula is C24H26FN5O2. The Labute approximate surface area is 186 Å². The number of hydrogen-bond acceptors (Lipinski definition) is 6. The molecule has 1 saturated heterocycles. The lowest BCUT2D eigenvalue weighted by atomic mass is 9.92. The highest BCUT2D eigenvalue weighted by Gasteiger charge is 2.27. The van der Waals surface area contributed by atoms with Gasteiger partial charge in [0.25, 0.3) is 0 Å². The molecule has 3 aromatic rings. The van der Waals surface area contributed by atoms with Gasteiger partial charge < -0.3 is 21.1 Å². The van der Waals surface area contributed by atoms with Crippen LogP contribution in [0.3, 0.4) is 0 Å². The van der Waals surface area contributed by atoms with Crippen LogP contribution in [0.5, 0.6) is 0 Å². The van der Waals surface area contributed by atoms with E-state index in [9.17, 15) is 14.3 Å². The summed E-state index contributed by atoms with van der Waals surface area (Å²) in [5.41, 5.74) is 7.96. The van der Waals surface area contributed by atoms with E-state index >= 15 is 0 Å². The van der Waals surface area contributed by atoms with E-state index < -0.39 is 11.8 Å². The molecule has 3 heterocycles. The SMILES string of the molecule is NC(=O)C(c1cccnc1)c1ccc(N2CCC(O)C2)nc1NCCc1cccc(F)c1. The number of aromatic nitrogens is 2. The minimum absolute atomic E-state index is 0.277. The summed E-state index contributed by atoms with van der Waals surface area (Å²) in [7, 11) is 0. The minimum atomic E-state index is -0.717. The second-order valence-corrected chi connectivity index (χ2v) is 7.92. The summed E-state index contributed by atoms with van der Waals surface area (Å²) in [5, 5.41) is 13.2. The van der Waals surface area contributed by atoms with E-state index in [1.54, 1.807) is 24.5 Å². The number of pyridine rings is 2. The van der Waals surface area contributed by atoms with Crippen LogP contribution in [0.25, 0.3) is 0 Å². The Morgan fingerprint density at radius 1 is 1.28 bits per heavy atom. The van der Waals surface area contributed by atoms with Crippen LogP contribution in [0.4, 0.5) is 16.0 Å². The maximum atomic E-state index is 13.5. The van der Waals surface area contributed by atoms with Gasteiger partial charge >= 0.3 is 0 Å². The molecule has 1 aliphatic heterocycles. The molecule has 0 spiro atoms. The number of nitrogens with two attached hydrogens (primary N) is 1. The molecule has 0 aliphatic carbocycles. The van der Waals surface area contributed by atoms with E-state index in [0.29, 0.717) is 55.2 Å². The fourth-order valence-corrected chi connectivity index (χ4v) is 4.02. The van der Waals surface area contributed by atoms with Gasteiger partial charge in [-0.15, -0.1) is 0 Å². The maximum absolute atomic E-state index is 13.5. The van der Waals surface area contributed by atoms with E-state index in [1.807, 2.05) is 29.2 Å². The molecule has 2 unspecified atom stereocenters. The number of carbonyl (C=O) groups is 1. The molecule has 1 amide bonds. The van der Waals surface area contributed by atoms with Crippen LogP contribution in [-0.2, 0) is 11.2 Å². The van der Waals surface area contributed by atoms with Gasteiger partial charge in [0.1, 0.15) is 17.5 Å². The summed E-state index contributed by atoms with van der Waals surface area (Å²) >= 11 is 0.